The first kappa shape index (κ1) is 19.3. The molecule has 0 fully saturated rings. The molecule has 0 spiro atoms. The Morgan fingerprint density at radius 3 is 1.27 bits per heavy atom. The lowest BCUT2D eigenvalue weighted by Gasteiger charge is -2.16. The molecule has 0 radical (unpaired) electrons. The summed E-state index contributed by atoms with van der Waals surface area (Å²) in [7, 11) is 0. The summed E-state index contributed by atoms with van der Waals surface area (Å²) in [5.41, 5.74) is 0.468. The van der Waals surface area contributed by atoms with Gasteiger partial charge in [-0.2, -0.15) is 10.5 Å². The van der Waals surface area contributed by atoms with Gasteiger partial charge in [-0.05, 0) is 35.4 Å². The number of nitrogens with zero attached hydrogens (tertiary/aromatic N) is 4. The molecule has 0 heterocycles. The van der Waals surface area contributed by atoms with Crippen LogP contribution in [-0.4, -0.2) is 21.8 Å². The highest BCUT2D eigenvalue weighted by Gasteiger charge is 2.31. The van der Waals surface area contributed by atoms with Gasteiger partial charge in [0.15, 0.2) is 0 Å². The molecule has 0 bridgehead atoms. The molecule has 0 unspecified atom stereocenters. The smallest absolute Gasteiger partial charge is 0.128 e. The van der Waals surface area contributed by atoms with Crippen LogP contribution in [-0.2, 0) is 0 Å². The van der Waals surface area contributed by atoms with Crippen molar-refractivity contribution in [2.45, 2.75) is 11.8 Å². The van der Waals surface area contributed by atoms with Crippen molar-refractivity contribution >= 4 is 34.6 Å². The van der Waals surface area contributed by atoms with Crippen LogP contribution in [0.15, 0.2) is 58.8 Å². The Morgan fingerprint density at radius 1 is 0.731 bits per heavy atom. The van der Waals surface area contributed by atoms with Crippen molar-refractivity contribution in [2.75, 3.05) is 0 Å². The van der Waals surface area contributed by atoms with Crippen LogP contribution >= 0.6 is 23.2 Å². The van der Waals surface area contributed by atoms with E-state index in [0.29, 0.717) is 21.2 Å². The minimum atomic E-state index is -1.06. The Bertz CT molecular complexity index is 833. The van der Waals surface area contributed by atoms with E-state index in [1.165, 1.54) is 0 Å². The third kappa shape index (κ3) is 4.12. The van der Waals surface area contributed by atoms with Crippen LogP contribution in [0, 0.1) is 22.7 Å². The number of nitriles is 2. The maximum absolute atomic E-state index is 9.54. The molecule has 0 aliphatic heterocycles. The molecule has 130 valence electrons. The second kappa shape index (κ2) is 8.87. The number of hydrogen-bond acceptors (Lipinski definition) is 6. The SMILES string of the molecule is N#C[C@H](C(=N\O)/C(=N\O)[C@H](C#N)c1ccc(Cl)cc1)c1ccc(Cl)cc1. The van der Waals surface area contributed by atoms with Crippen molar-refractivity contribution in [3.63, 3.8) is 0 Å². The first-order valence-corrected chi connectivity index (χ1v) is 8.05. The van der Waals surface area contributed by atoms with Crippen molar-refractivity contribution in [1.82, 2.24) is 0 Å². The summed E-state index contributed by atoms with van der Waals surface area (Å²) in [6.45, 7) is 0. The van der Waals surface area contributed by atoms with Crippen LogP contribution < -0.4 is 0 Å². The standard InChI is InChI=1S/C18H12Cl2N4O2/c19-13-5-1-11(2-6-13)15(9-21)17(23-25)18(24-26)16(10-22)12-3-7-14(20)8-4-12/h1-8,15-16,25-26H/b23-17-,24-18+/t15-,16+/m1/s1. The molecule has 6 nitrogen and oxygen atoms in total. The zero-order valence-electron chi connectivity index (χ0n) is 13.2. The zero-order chi connectivity index (χ0) is 19.1. The molecular formula is C18H12Cl2N4O2. The largest absolute Gasteiger partial charge is 0.411 e. The molecule has 0 saturated carbocycles. The summed E-state index contributed by atoms with van der Waals surface area (Å²) >= 11 is 11.7. The lowest BCUT2D eigenvalue weighted by Crippen LogP contribution is -2.27. The van der Waals surface area contributed by atoms with Crippen LogP contribution in [0.3, 0.4) is 0 Å². The molecule has 2 rings (SSSR count). The third-order valence-corrected chi connectivity index (χ3v) is 4.19. The van der Waals surface area contributed by atoms with E-state index in [4.69, 9.17) is 23.2 Å². The molecule has 2 atom stereocenters. The second-order valence-corrected chi connectivity index (χ2v) is 6.07. The molecule has 2 N–H and O–H groups in total. The van der Waals surface area contributed by atoms with Gasteiger partial charge in [0, 0.05) is 10.0 Å². The van der Waals surface area contributed by atoms with Gasteiger partial charge in [-0.3, -0.25) is 0 Å². The highest BCUT2D eigenvalue weighted by Crippen LogP contribution is 2.26. The van der Waals surface area contributed by atoms with Gasteiger partial charge in [-0.25, -0.2) is 0 Å². The quantitative estimate of drug-likeness (QED) is 0.445. The molecule has 8 heteroatoms. The van der Waals surface area contributed by atoms with E-state index in [9.17, 15) is 20.9 Å². The monoisotopic (exact) mass is 386 g/mol. The first-order valence-electron chi connectivity index (χ1n) is 7.30. The number of oxime groups is 2. The predicted octanol–water partition coefficient (Wildman–Crippen LogP) is 4.57. The summed E-state index contributed by atoms with van der Waals surface area (Å²) in [4.78, 5) is 0. The van der Waals surface area contributed by atoms with Crippen LogP contribution in [0.2, 0.25) is 10.0 Å². The zero-order valence-corrected chi connectivity index (χ0v) is 14.7. The lowest BCUT2D eigenvalue weighted by atomic mass is 9.85. The normalized spacial score (nSPS) is 14.2. The van der Waals surface area contributed by atoms with Gasteiger partial charge in [0.25, 0.3) is 0 Å². The predicted molar refractivity (Wildman–Crippen MR) is 98.1 cm³/mol. The number of rotatable bonds is 5. The van der Waals surface area contributed by atoms with Crippen LogP contribution in [0.4, 0.5) is 0 Å². The summed E-state index contributed by atoms with van der Waals surface area (Å²) < 4.78 is 0. The molecule has 0 amide bonds. The van der Waals surface area contributed by atoms with E-state index in [-0.39, 0.29) is 11.4 Å². The Morgan fingerprint density at radius 2 is 1.04 bits per heavy atom. The third-order valence-electron chi connectivity index (χ3n) is 3.69. The second-order valence-electron chi connectivity index (χ2n) is 5.20. The number of benzene rings is 2. The maximum Gasteiger partial charge on any atom is 0.128 e. The Hall–Kier alpha value is -3.06. The van der Waals surface area contributed by atoms with E-state index in [1.807, 2.05) is 12.1 Å². The summed E-state index contributed by atoms with van der Waals surface area (Å²) in [5, 5.41) is 45.2. The van der Waals surface area contributed by atoms with Gasteiger partial charge in [0.05, 0.1) is 12.1 Å². The maximum atomic E-state index is 9.54. The molecular weight excluding hydrogens is 375 g/mol. The minimum absolute atomic E-state index is 0.237. The van der Waals surface area contributed by atoms with Crippen LogP contribution in [0.5, 0.6) is 0 Å². The van der Waals surface area contributed by atoms with Crippen LogP contribution in [0.25, 0.3) is 0 Å². The minimum Gasteiger partial charge on any atom is -0.411 e. The van der Waals surface area contributed by atoms with Crippen molar-refractivity contribution in [3.05, 3.63) is 69.7 Å². The highest BCUT2D eigenvalue weighted by molar-refractivity contribution is 6.47. The van der Waals surface area contributed by atoms with Crippen LogP contribution in [0.1, 0.15) is 23.0 Å². The molecule has 2 aromatic carbocycles. The van der Waals surface area contributed by atoms with Gasteiger partial charge in [0.2, 0.25) is 0 Å². The molecule has 0 aliphatic carbocycles. The van der Waals surface area contributed by atoms with Crippen molar-refractivity contribution in [2.24, 2.45) is 10.3 Å². The highest BCUT2D eigenvalue weighted by atomic mass is 35.5. The molecule has 26 heavy (non-hydrogen) atoms. The van der Waals surface area contributed by atoms with E-state index in [1.54, 1.807) is 48.5 Å². The number of halogens is 2. The summed E-state index contributed by atoms with van der Waals surface area (Å²) in [6.07, 6.45) is 0. The average molecular weight is 387 g/mol. The molecule has 0 aromatic heterocycles. The van der Waals surface area contributed by atoms with Gasteiger partial charge in [0.1, 0.15) is 23.3 Å². The molecule has 0 aliphatic rings. The Labute approximate surface area is 159 Å². The summed E-state index contributed by atoms with van der Waals surface area (Å²) in [5.74, 6) is -2.13. The van der Waals surface area contributed by atoms with Gasteiger partial charge in [-0.15, -0.1) is 0 Å². The Kier molecular flexibility index (Phi) is 6.57. The molecule has 0 saturated heterocycles. The van der Waals surface area contributed by atoms with E-state index in [2.05, 4.69) is 10.3 Å². The molecule has 2 aromatic rings. The Balaban J connectivity index is 2.48. The fourth-order valence-electron chi connectivity index (χ4n) is 2.41. The van der Waals surface area contributed by atoms with E-state index in [0.717, 1.165) is 0 Å². The van der Waals surface area contributed by atoms with E-state index < -0.39 is 11.8 Å². The van der Waals surface area contributed by atoms with Crippen molar-refractivity contribution < 1.29 is 10.4 Å². The van der Waals surface area contributed by atoms with Gasteiger partial charge >= 0.3 is 0 Å². The average Bonchev–Trinajstić information content (AvgIpc) is 2.66. The fraction of sp³-hybridized carbons (Fsp3) is 0.111. The topological polar surface area (TPSA) is 113 Å². The summed E-state index contributed by atoms with van der Waals surface area (Å²) in [6, 6.07) is 16.6. The lowest BCUT2D eigenvalue weighted by molar-refractivity contribution is 0.312. The van der Waals surface area contributed by atoms with E-state index >= 15 is 0 Å². The van der Waals surface area contributed by atoms with Crippen molar-refractivity contribution in [3.8, 4) is 12.1 Å². The first-order chi connectivity index (χ1) is 12.5. The van der Waals surface area contributed by atoms with Gasteiger partial charge < -0.3 is 10.4 Å². The fourth-order valence-corrected chi connectivity index (χ4v) is 2.66. The number of hydrogen-bond donors (Lipinski definition) is 2. The van der Waals surface area contributed by atoms with Crippen molar-refractivity contribution in [1.29, 1.82) is 10.5 Å². The van der Waals surface area contributed by atoms with Gasteiger partial charge in [-0.1, -0.05) is 57.8 Å².